The highest BCUT2D eigenvalue weighted by atomic mass is 35.5. The van der Waals surface area contributed by atoms with Crippen molar-refractivity contribution in [3.05, 3.63) is 16.4 Å². The average Bonchev–Trinajstić information content (AvgIpc) is 2.39. The zero-order valence-corrected chi connectivity index (χ0v) is 7.93. The fourth-order valence-corrected chi connectivity index (χ4v) is 1.28. The Morgan fingerprint density at radius 3 is 2.85 bits per heavy atom. The van der Waals surface area contributed by atoms with Crippen molar-refractivity contribution < 1.29 is 13.9 Å². The summed E-state index contributed by atoms with van der Waals surface area (Å²) in [5.41, 5.74) is 0.117. The van der Waals surface area contributed by atoms with Crippen LogP contribution in [-0.4, -0.2) is 22.9 Å². The molecule has 0 unspecified atom stereocenters. The molecule has 72 valence electrons. The second-order valence-corrected chi connectivity index (χ2v) is 2.72. The fraction of sp³-hybridized carbons (Fsp3) is 0.429. The lowest BCUT2D eigenvalue weighted by molar-refractivity contribution is 0.0598. The Labute approximate surface area is 79.2 Å². The van der Waals surface area contributed by atoms with E-state index in [9.17, 15) is 9.18 Å². The molecule has 0 saturated carbocycles. The second-order valence-electron chi connectivity index (χ2n) is 2.36. The lowest BCUT2D eigenvalue weighted by Crippen LogP contribution is -2.05. The van der Waals surface area contributed by atoms with Crippen LogP contribution in [-0.2, 0) is 18.5 Å². The highest BCUT2D eigenvalue weighted by Gasteiger charge is 2.21. The summed E-state index contributed by atoms with van der Waals surface area (Å²) < 4.78 is 18.1. The Morgan fingerprint density at radius 1 is 1.77 bits per heavy atom. The van der Waals surface area contributed by atoms with E-state index in [-0.39, 0.29) is 16.4 Å². The molecular weight excluding hydrogens is 199 g/mol. The molecule has 0 aromatic carbocycles. The summed E-state index contributed by atoms with van der Waals surface area (Å²) >= 11 is 5.60. The van der Waals surface area contributed by atoms with E-state index in [0.717, 1.165) is 0 Å². The molecule has 0 radical (unpaired) electrons. The lowest BCUT2D eigenvalue weighted by Gasteiger charge is -1.99. The van der Waals surface area contributed by atoms with Crippen molar-refractivity contribution in [3.63, 3.8) is 0 Å². The Morgan fingerprint density at radius 2 is 2.38 bits per heavy atom. The van der Waals surface area contributed by atoms with Gasteiger partial charge in [-0.05, 0) is 0 Å². The molecule has 1 heterocycles. The van der Waals surface area contributed by atoms with Gasteiger partial charge in [0, 0.05) is 7.05 Å². The monoisotopic (exact) mass is 206 g/mol. The van der Waals surface area contributed by atoms with Crippen LogP contribution in [0.15, 0.2) is 0 Å². The predicted molar refractivity (Wildman–Crippen MR) is 44.4 cm³/mol. The number of hydrogen-bond acceptors (Lipinski definition) is 3. The Bertz CT molecular complexity index is 337. The number of nitrogens with zero attached hydrogens (tertiary/aromatic N) is 2. The molecule has 0 saturated heterocycles. The number of methoxy groups -OCH3 is 1. The summed E-state index contributed by atoms with van der Waals surface area (Å²) in [5.74, 6) is -0.675. The Hall–Kier alpha value is -1.10. The molecule has 6 heteroatoms. The summed E-state index contributed by atoms with van der Waals surface area (Å²) in [6.45, 7) is -0.805. The zero-order chi connectivity index (χ0) is 10.0. The van der Waals surface area contributed by atoms with Gasteiger partial charge in [-0.15, -0.1) is 0 Å². The van der Waals surface area contributed by atoms with E-state index in [1.165, 1.54) is 18.8 Å². The van der Waals surface area contributed by atoms with E-state index in [2.05, 4.69) is 9.84 Å². The van der Waals surface area contributed by atoms with Crippen molar-refractivity contribution in [2.24, 2.45) is 7.05 Å². The number of rotatable bonds is 2. The standard InChI is InChI=1S/C7H8ClFN2O2/c1-11-4(3-9)5(6(8)10-11)7(12)13-2/h3H2,1-2H3. The first-order chi connectivity index (χ1) is 6.11. The van der Waals surface area contributed by atoms with Gasteiger partial charge >= 0.3 is 5.97 Å². The third kappa shape index (κ3) is 1.65. The molecule has 4 nitrogen and oxygen atoms in total. The Kier molecular flexibility index (Phi) is 2.87. The smallest absolute Gasteiger partial charge is 0.343 e. The van der Waals surface area contributed by atoms with Crippen LogP contribution < -0.4 is 0 Å². The minimum Gasteiger partial charge on any atom is -0.465 e. The van der Waals surface area contributed by atoms with Gasteiger partial charge in [-0.3, -0.25) is 4.68 Å². The molecule has 0 aliphatic heterocycles. The van der Waals surface area contributed by atoms with Crippen LogP contribution in [0.4, 0.5) is 4.39 Å². The van der Waals surface area contributed by atoms with Gasteiger partial charge in [0.2, 0.25) is 0 Å². The third-order valence-corrected chi connectivity index (χ3v) is 1.90. The number of aromatic nitrogens is 2. The topological polar surface area (TPSA) is 44.1 Å². The number of aryl methyl sites for hydroxylation is 1. The number of esters is 1. The first-order valence-electron chi connectivity index (χ1n) is 3.47. The molecule has 0 atom stereocenters. The molecule has 1 aromatic heterocycles. The molecule has 0 fully saturated rings. The molecule has 0 spiro atoms. The van der Waals surface area contributed by atoms with Gasteiger partial charge < -0.3 is 4.74 Å². The van der Waals surface area contributed by atoms with Crippen molar-refractivity contribution in [1.29, 1.82) is 0 Å². The molecule has 13 heavy (non-hydrogen) atoms. The molecular formula is C7H8ClFN2O2. The number of hydrogen-bond donors (Lipinski definition) is 0. The fourth-order valence-electron chi connectivity index (χ4n) is 0.980. The molecule has 0 aliphatic carbocycles. The van der Waals surface area contributed by atoms with Crippen LogP contribution in [0.3, 0.4) is 0 Å². The van der Waals surface area contributed by atoms with Crippen molar-refractivity contribution in [1.82, 2.24) is 9.78 Å². The van der Waals surface area contributed by atoms with E-state index in [1.54, 1.807) is 0 Å². The zero-order valence-electron chi connectivity index (χ0n) is 7.17. The normalized spacial score (nSPS) is 10.2. The van der Waals surface area contributed by atoms with E-state index in [0.29, 0.717) is 0 Å². The molecule has 0 bridgehead atoms. The summed E-state index contributed by atoms with van der Waals surface area (Å²) in [4.78, 5) is 11.1. The van der Waals surface area contributed by atoms with Crippen LogP contribution in [0.25, 0.3) is 0 Å². The number of carbonyl (C=O) groups is 1. The van der Waals surface area contributed by atoms with Gasteiger partial charge in [0.15, 0.2) is 5.15 Å². The van der Waals surface area contributed by atoms with Crippen LogP contribution >= 0.6 is 11.6 Å². The van der Waals surface area contributed by atoms with Gasteiger partial charge in [0.1, 0.15) is 12.2 Å². The lowest BCUT2D eigenvalue weighted by atomic mass is 10.2. The van der Waals surface area contributed by atoms with Crippen molar-refractivity contribution in [2.45, 2.75) is 6.67 Å². The quantitative estimate of drug-likeness (QED) is 0.686. The largest absolute Gasteiger partial charge is 0.465 e. The molecule has 0 amide bonds. The summed E-state index contributed by atoms with van der Waals surface area (Å²) in [7, 11) is 2.71. The third-order valence-electron chi connectivity index (χ3n) is 1.64. The second kappa shape index (κ2) is 3.74. The van der Waals surface area contributed by atoms with E-state index < -0.39 is 12.6 Å². The molecule has 1 aromatic rings. The van der Waals surface area contributed by atoms with E-state index in [1.807, 2.05) is 0 Å². The summed E-state index contributed by atoms with van der Waals surface area (Å²) in [6.07, 6.45) is 0. The van der Waals surface area contributed by atoms with Crippen molar-refractivity contribution in [3.8, 4) is 0 Å². The minimum atomic E-state index is -0.805. The van der Waals surface area contributed by atoms with Gasteiger partial charge in [-0.25, -0.2) is 9.18 Å². The Balaban J connectivity index is 3.24. The first-order valence-corrected chi connectivity index (χ1v) is 3.85. The van der Waals surface area contributed by atoms with Crippen molar-refractivity contribution in [2.75, 3.05) is 7.11 Å². The first kappa shape index (κ1) is 9.98. The number of carbonyl (C=O) groups excluding carboxylic acids is 1. The van der Waals surface area contributed by atoms with Gasteiger partial charge in [0.25, 0.3) is 0 Å². The van der Waals surface area contributed by atoms with Crippen LogP contribution in [0.1, 0.15) is 16.1 Å². The van der Waals surface area contributed by atoms with Gasteiger partial charge in [-0.2, -0.15) is 5.10 Å². The predicted octanol–water partition coefficient (Wildman–Crippen LogP) is 1.33. The van der Waals surface area contributed by atoms with E-state index >= 15 is 0 Å². The molecule has 1 rings (SSSR count). The van der Waals surface area contributed by atoms with Crippen LogP contribution in [0.2, 0.25) is 5.15 Å². The summed E-state index contributed by atoms with van der Waals surface area (Å²) in [5, 5.41) is 3.65. The minimum absolute atomic E-state index is 0.00540. The number of ether oxygens (including phenoxy) is 1. The SMILES string of the molecule is COC(=O)c1c(Cl)nn(C)c1CF. The van der Waals surface area contributed by atoms with Crippen molar-refractivity contribution >= 4 is 17.6 Å². The maximum Gasteiger partial charge on any atom is 0.343 e. The maximum absolute atomic E-state index is 12.4. The number of halogens is 2. The number of alkyl halides is 1. The highest BCUT2D eigenvalue weighted by Crippen LogP contribution is 2.20. The molecule has 0 N–H and O–H groups in total. The van der Waals surface area contributed by atoms with Gasteiger partial charge in [0.05, 0.1) is 12.8 Å². The van der Waals surface area contributed by atoms with Crippen LogP contribution in [0, 0.1) is 0 Å². The highest BCUT2D eigenvalue weighted by molar-refractivity contribution is 6.32. The van der Waals surface area contributed by atoms with Gasteiger partial charge in [-0.1, -0.05) is 11.6 Å². The van der Waals surface area contributed by atoms with Crippen LogP contribution in [0.5, 0.6) is 0 Å². The maximum atomic E-state index is 12.4. The van der Waals surface area contributed by atoms with E-state index in [4.69, 9.17) is 11.6 Å². The summed E-state index contributed by atoms with van der Waals surface area (Å²) in [6, 6.07) is 0. The average molecular weight is 207 g/mol. The molecule has 0 aliphatic rings.